The molecule has 136 valence electrons. The van der Waals surface area contributed by atoms with E-state index >= 15 is 0 Å². The lowest BCUT2D eigenvalue weighted by atomic mass is 10.2. The van der Waals surface area contributed by atoms with E-state index < -0.39 is 6.10 Å². The summed E-state index contributed by atoms with van der Waals surface area (Å²) in [6.07, 6.45) is 2.39. The summed E-state index contributed by atoms with van der Waals surface area (Å²) in [5, 5.41) is 14.6. The first-order valence-corrected chi connectivity index (χ1v) is 9.35. The number of aromatic nitrogens is 2. The molecule has 0 bridgehead atoms. The van der Waals surface area contributed by atoms with Crippen LogP contribution in [0.15, 0.2) is 36.4 Å². The summed E-state index contributed by atoms with van der Waals surface area (Å²) in [5.41, 5.74) is 3.25. The number of rotatable bonds is 8. The van der Waals surface area contributed by atoms with Gasteiger partial charge in [-0.3, -0.25) is 9.58 Å². The molecule has 0 radical (unpaired) electrons. The zero-order chi connectivity index (χ0) is 17.5. The van der Waals surface area contributed by atoms with Crippen molar-refractivity contribution in [1.29, 1.82) is 0 Å². The SMILES string of the molecule is CC[C@H](O)c1cc2n(n1)CCCN(CCCOCc1ccccc1)C2. The van der Waals surface area contributed by atoms with E-state index in [0.717, 1.165) is 51.3 Å². The van der Waals surface area contributed by atoms with Gasteiger partial charge in [-0.1, -0.05) is 37.3 Å². The van der Waals surface area contributed by atoms with Crippen molar-refractivity contribution in [3.63, 3.8) is 0 Å². The lowest BCUT2D eigenvalue weighted by Gasteiger charge is -2.19. The average Bonchev–Trinajstić information content (AvgIpc) is 2.94. The molecular weight excluding hydrogens is 314 g/mol. The standard InChI is InChI=1S/C20H29N3O2/c1-2-20(24)19-14-18-15-22(10-6-12-23(18)21-19)11-7-13-25-16-17-8-4-3-5-9-17/h3-5,8-9,14,20,24H,2,6-7,10-13,15-16H2,1H3/t20-/m0/s1. The first-order chi connectivity index (χ1) is 12.3. The van der Waals surface area contributed by atoms with Crippen LogP contribution in [0.1, 0.15) is 49.2 Å². The number of nitrogens with zero attached hydrogens (tertiary/aromatic N) is 3. The minimum absolute atomic E-state index is 0.445. The van der Waals surface area contributed by atoms with E-state index in [4.69, 9.17) is 4.74 Å². The molecule has 0 spiro atoms. The summed E-state index contributed by atoms with van der Waals surface area (Å²) in [5.74, 6) is 0. The van der Waals surface area contributed by atoms with Crippen LogP contribution in [0.5, 0.6) is 0 Å². The highest BCUT2D eigenvalue weighted by Crippen LogP contribution is 2.20. The largest absolute Gasteiger partial charge is 0.387 e. The van der Waals surface area contributed by atoms with Crippen molar-refractivity contribution in [1.82, 2.24) is 14.7 Å². The monoisotopic (exact) mass is 343 g/mol. The number of benzene rings is 1. The van der Waals surface area contributed by atoms with Crippen LogP contribution < -0.4 is 0 Å². The summed E-state index contributed by atoms with van der Waals surface area (Å²) in [6.45, 7) is 7.42. The van der Waals surface area contributed by atoms with E-state index in [0.29, 0.717) is 13.0 Å². The van der Waals surface area contributed by atoms with Gasteiger partial charge in [-0.25, -0.2) is 0 Å². The van der Waals surface area contributed by atoms with Gasteiger partial charge in [0.05, 0.1) is 24.1 Å². The van der Waals surface area contributed by atoms with Crippen LogP contribution in [0.25, 0.3) is 0 Å². The van der Waals surface area contributed by atoms with Gasteiger partial charge in [0.2, 0.25) is 0 Å². The molecule has 0 saturated heterocycles. The molecule has 1 aliphatic rings. The van der Waals surface area contributed by atoms with Crippen molar-refractivity contribution in [2.75, 3.05) is 19.7 Å². The summed E-state index contributed by atoms with van der Waals surface area (Å²) in [4.78, 5) is 2.47. The molecule has 1 N–H and O–H groups in total. The molecule has 1 aromatic carbocycles. The second kappa shape index (κ2) is 9.13. The molecule has 0 unspecified atom stereocenters. The highest BCUT2D eigenvalue weighted by atomic mass is 16.5. The van der Waals surface area contributed by atoms with Crippen molar-refractivity contribution in [2.24, 2.45) is 0 Å². The van der Waals surface area contributed by atoms with Crippen molar-refractivity contribution < 1.29 is 9.84 Å². The number of aryl methyl sites for hydroxylation is 1. The zero-order valence-corrected chi connectivity index (χ0v) is 15.1. The molecule has 2 aromatic rings. The van der Waals surface area contributed by atoms with E-state index in [2.05, 4.69) is 32.9 Å². The predicted octanol–water partition coefficient (Wildman–Crippen LogP) is 3.14. The molecule has 0 amide bonds. The minimum Gasteiger partial charge on any atom is -0.387 e. The molecule has 0 aliphatic carbocycles. The minimum atomic E-state index is -0.445. The van der Waals surface area contributed by atoms with Gasteiger partial charge < -0.3 is 9.84 Å². The molecule has 1 aliphatic heterocycles. The van der Waals surface area contributed by atoms with Gasteiger partial charge in [0.25, 0.3) is 0 Å². The van der Waals surface area contributed by atoms with E-state index in [1.165, 1.54) is 11.3 Å². The maximum atomic E-state index is 10.0. The van der Waals surface area contributed by atoms with Crippen molar-refractivity contribution in [2.45, 2.75) is 52.0 Å². The van der Waals surface area contributed by atoms with Gasteiger partial charge in [0, 0.05) is 32.8 Å². The lowest BCUT2D eigenvalue weighted by Crippen LogP contribution is -2.25. The van der Waals surface area contributed by atoms with Gasteiger partial charge >= 0.3 is 0 Å². The van der Waals surface area contributed by atoms with Crippen LogP contribution in [-0.4, -0.2) is 39.5 Å². The molecule has 2 heterocycles. The number of ether oxygens (including phenoxy) is 1. The van der Waals surface area contributed by atoms with E-state index in [-0.39, 0.29) is 0 Å². The summed E-state index contributed by atoms with van der Waals surface area (Å²) >= 11 is 0. The maximum absolute atomic E-state index is 10.0. The van der Waals surface area contributed by atoms with E-state index in [1.54, 1.807) is 0 Å². The Balaban J connectivity index is 1.43. The molecule has 0 saturated carbocycles. The lowest BCUT2D eigenvalue weighted by molar-refractivity contribution is 0.107. The number of hydrogen-bond acceptors (Lipinski definition) is 4. The molecule has 5 nitrogen and oxygen atoms in total. The fourth-order valence-corrected chi connectivity index (χ4v) is 3.27. The quantitative estimate of drug-likeness (QED) is 0.748. The van der Waals surface area contributed by atoms with Crippen LogP contribution in [0, 0.1) is 0 Å². The highest BCUT2D eigenvalue weighted by Gasteiger charge is 2.18. The van der Waals surface area contributed by atoms with E-state index in [9.17, 15) is 5.11 Å². The first-order valence-electron chi connectivity index (χ1n) is 9.35. The van der Waals surface area contributed by atoms with Gasteiger partial charge in [-0.15, -0.1) is 0 Å². The zero-order valence-electron chi connectivity index (χ0n) is 15.1. The van der Waals surface area contributed by atoms with Gasteiger partial charge in [0.15, 0.2) is 0 Å². The first kappa shape index (κ1) is 18.1. The molecule has 0 fully saturated rings. The Bertz CT molecular complexity index is 642. The van der Waals surface area contributed by atoms with Crippen LogP contribution in [-0.2, 0) is 24.4 Å². The topological polar surface area (TPSA) is 50.5 Å². The van der Waals surface area contributed by atoms with Gasteiger partial charge in [-0.05, 0) is 30.9 Å². The number of aliphatic hydroxyl groups excluding tert-OH is 1. The third kappa shape index (κ3) is 5.14. The second-order valence-electron chi connectivity index (χ2n) is 6.73. The molecule has 1 aromatic heterocycles. The summed E-state index contributed by atoms with van der Waals surface area (Å²) in [7, 11) is 0. The number of hydrogen-bond donors (Lipinski definition) is 1. The average molecular weight is 343 g/mol. The molecule has 5 heteroatoms. The fourth-order valence-electron chi connectivity index (χ4n) is 3.27. The normalized spacial score (nSPS) is 16.4. The van der Waals surface area contributed by atoms with Crippen LogP contribution in [0.4, 0.5) is 0 Å². The summed E-state index contributed by atoms with van der Waals surface area (Å²) in [6, 6.07) is 12.4. The van der Waals surface area contributed by atoms with Crippen molar-refractivity contribution in [3.05, 3.63) is 53.3 Å². The molecule has 1 atom stereocenters. The fraction of sp³-hybridized carbons (Fsp3) is 0.550. The maximum Gasteiger partial charge on any atom is 0.0975 e. The third-order valence-electron chi connectivity index (χ3n) is 4.71. The highest BCUT2D eigenvalue weighted by molar-refractivity contribution is 5.14. The Morgan fingerprint density at radius 3 is 2.88 bits per heavy atom. The molecule has 25 heavy (non-hydrogen) atoms. The number of aliphatic hydroxyl groups is 1. The third-order valence-corrected chi connectivity index (χ3v) is 4.71. The van der Waals surface area contributed by atoms with Gasteiger partial charge in [0.1, 0.15) is 0 Å². The Labute approximate surface area is 150 Å². The van der Waals surface area contributed by atoms with Crippen LogP contribution in [0.2, 0.25) is 0 Å². The molecule has 3 rings (SSSR count). The Morgan fingerprint density at radius 1 is 1.24 bits per heavy atom. The Morgan fingerprint density at radius 2 is 2.08 bits per heavy atom. The number of fused-ring (bicyclic) bond motifs is 1. The predicted molar refractivity (Wildman–Crippen MR) is 98.1 cm³/mol. The van der Waals surface area contributed by atoms with Crippen LogP contribution >= 0.6 is 0 Å². The van der Waals surface area contributed by atoms with E-state index in [1.807, 2.05) is 25.1 Å². The second-order valence-corrected chi connectivity index (χ2v) is 6.73. The Kier molecular flexibility index (Phi) is 6.62. The van der Waals surface area contributed by atoms with Crippen molar-refractivity contribution in [3.8, 4) is 0 Å². The van der Waals surface area contributed by atoms with Crippen LogP contribution in [0.3, 0.4) is 0 Å². The Hall–Kier alpha value is -1.69. The summed E-state index contributed by atoms with van der Waals surface area (Å²) < 4.78 is 7.85. The smallest absolute Gasteiger partial charge is 0.0975 e. The van der Waals surface area contributed by atoms with Crippen molar-refractivity contribution >= 4 is 0 Å². The van der Waals surface area contributed by atoms with Gasteiger partial charge in [-0.2, -0.15) is 5.10 Å². The molecular formula is C20H29N3O2.